The van der Waals surface area contributed by atoms with Gasteiger partial charge in [0.15, 0.2) is 0 Å². The lowest BCUT2D eigenvalue weighted by atomic mass is 9.97. The molecule has 104 valence electrons. The first-order chi connectivity index (χ1) is 8.94. The highest BCUT2D eigenvalue weighted by Gasteiger charge is 2.42. The van der Waals surface area contributed by atoms with E-state index in [0.717, 1.165) is 12.8 Å². The van der Waals surface area contributed by atoms with Crippen LogP contribution in [0.1, 0.15) is 25.3 Å². The van der Waals surface area contributed by atoms with Gasteiger partial charge in [0.05, 0.1) is 12.1 Å². The van der Waals surface area contributed by atoms with Crippen LogP contribution in [0.4, 0.5) is 14.9 Å². The van der Waals surface area contributed by atoms with Crippen molar-refractivity contribution in [2.75, 3.05) is 11.9 Å². The van der Waals surface area contributed by atoms with E-state index in [2.05, 4.69) is 10.6 Å². The molecule has 0 heterocycles. The molecular formula is C14H19FN2O2. The monoisotopic (exact) mass is 266 g/mol. The number of rotatable bonds is 4. The zero-order valence-electron chi connectivity index (χ0n) is 11.2. The van der Waals surface area contributed by atoms with E-state index >= 15 is 0 Å². The highest BCUT2D eigenvalue weighted by atomic mass is 19.1. The van der Waals surface area contributed by atoms with Crippen LogP contribution >= 0.6 is 0 Å². The van der Waals surface area contributed by atoms with Crippen LogP contribution in [0.3, 0.4) is 0 Å². The van der Waals surface area contributed by atoms with Gasteiger partial charge >= 0.3 is 6.03 Å². The standard InChI is InChI=1S/C14H19FN2O2/c1-9-7-11(15)5-6-12(9)16-13(19)17-14(2,8-18)10-3-4-10/h5-7,10,18H,3-4,8H2,1-2H3,(H2,16,17,19). The van der Waals surface area contributed by atoms with Crippen LogP contribution in [0.2, 0.25) is 0 Å². The maximum atomic E-state index is 13.0. The Morgan fingerprint density at radius 2 is 2.21 bits per heavy atom. The number of carbonyl (C=O) groups excluding carboxylic acids is 1. The highest BCUT2D eigenvalue weighted by molar-refractivity contribution is 5.90. The Balaban J connectivity index is 2.00. The fraction of sp³-hybridized carbons (Fsp3) is 0.500. The van der Waals surface area contributed by atoms with E-state index < -0.39 is 5.54 Å². The Labute approximate surface area is 112 Å². The summed E-state index contributed by atoms with van der Waals surface area (Å²) in [5.74, 6) is -0.000741. The normalized spacial score (nSPS) is 17.7. The Morgan fingerprint density at radius 1 is 1.53 bits per heavy atom. The summed E-state index contributed by atoms with van der Waals surface area (Å²) < 4.78 is 13.0. The molecule has 0 aromatic heterocycles. The molecule has 1 aliphatic rings. The van der Waals surface area contributed by atoms with E-state index in [9.17, 15) is 14.3 Å². The van der Waals surface area contributed by atoms with Crippen LogP contribution in [0.25, 0.3) is 0 Å². The molecule has 1 aliphatic carbocycles. The predicted octanol–water partition coefficient (Wildman–Crippen LogP) is 2.42. The number of amides is 2. The number of benzene rings is 1. The lowest BCUT2D eigenvalue weighted by Gasteiger charge is -2.28. The second kappa shape index (κ2) is 5.17. The fourth-order valence-corrected chi connectivity index (χ4v) is 2.17. The largest absolute Gasteiger partial charge is 0.394 e. The topological polar surface area (TPSA) is 61.4 Å². The van der Waals surface area contributed by atoms with Gasteiger partial charge in [0.1, 0.15) is 5.82 Å². The van der Waals surface area contributed by atoms with E-state index in [1.165, 1.54) is 18.2 Å². The molecule has 1 atom stereocenters. The van der Waals surface area contributed by atoms with Crippen LogP contribution in [-0.2, 0) is 0 Å². The number of aryl methyl sites for hydroxylation is 1. The quantitative estimate of drug-likeness (QED) is 0.783. The second-order valence-electron chi connectivity index (χ2n) is 5.39. The molecule has 5 heteroatoms. The van der Waals surface area contributed by atoms with Crippen molar-refractivity contribution in [3.8, 4) is 0 Å². The summed E-state index contributed by atoms with van der Waals surface area (Å²) in [6.45, 7) is 3.47. The van der Waals surface area contributed by atoms with Crippen LogP contribution < -0.4 is 10.6 Å². The molecule has 1 unspecified atom stereocenters. The number of nitrogens with one attached hydrogen (secondary N) is 2. The summed E-state index contributed by atoms with van der Waals surface area (Å²) in [6.07, 6.45) is 2.04. The van der Waals surface area contributed by atoms with E-state index in [1.54, 1.807) is 6.92 Å². The van der Waals surface area contributed by atoms with Gasteiger partial charge in [-0.2, -0.15) is 0 Å². The van der Waals surface area contributed by atoms with Crippen molar-refractivity contribution < 1.29 is 14.3 Å². The van der Waals surface area contributed by atoms with Gasteiger partial charge in [0.25, 0.3) is 0 Å². The molecule has 0 bridgehead atoms. The molecule has 1 saturated carbocycles. The molecule has 2 rings (SSSR count). The molecule has 4 nitrogen and oxygen atoms in total. The number of aliphatic hydroxyl groups excluding tert-OH is 1. The minimum Gasteiger partial charge on any atom is -0.394 e. The summed E-state index contributed by atoms with van der Waals surface area (Å²) >= 11 is 0. The van der Waals surface area contributed by atoms with Crippen molar-refractivity contribution in [3.63, 3.8) is 0 Å². The van der Waals surface area contributed by atoms with Gasteiger partial charge < -0.3 is 15.7 Å². The smallest absolute Gasteiger partial charge is 0.319 e. The van der Waals surface area contributed by atoms with Gasteiger partial charge in [0.2, 0.25) is 0 Å². The van der Waals surface area contributed by atoms with Gasteiger partial charge in [-0.15, -0.1) is 0 Å². The van der Waals surface area contributed by atoms with Crippen molar-refractivity contribution in [2.24, 2.45) is 5.92 Å². The molecule has 0 saturated heterocycles. The number of anilines is 1. The maximum Gasteiger partial charge on any atom is 0.319 e. The average molecular weight is 266 g/mol. The molecule has 0 radical (unpaired) electrons. The molecule has 3 N–H and O–H groups in total. The minimum absolute atomic E-state index is 0.0898. The van der Waals surface area contributed by atoms with E-state index in [-0.39, 0.29) is 18.5 Å². The van der Waals surface area contributed by atoms with Crippen molar-refractivity contribution >= 4 is 11.7 Å². The zero-order chi connectivity index (χ0) is 14.0. The third-order valence-corrected chi connectivity index (χ3v) is 3.64. The van der Waals surface area contributed by atoms with Gasteiger partial charge in [-0.1, -0.05) is 0 Å². The van der Waals surface area contributed by atoms with Gasteiger partial charge in [-0.25, -0.2) is 9.18 Å². The molecule has 1 aromatic rings. The molecule has 19 heavy (non-hydrogen) atoms. The summed E-state index contributed by atoms with van der Waals surface area (Å²) in [5.41, 5.74) is 0.639. The van der Waals surface area contributed by atoms with Gasteiger partial charge in [-0.3, -0.25) is 0 Å². The number of halogens is 1. The summed E-state index contributed by atoms with van der Waals surface area (Å²) in [7, 11) is 0. The summed E-state index contributed by atoms with van der Waals surface area (Å²) in [5, 5.41) is 14.9. The van der Waals surface area contributed by atoms with Crippen LogP contribution in [0, 0.1) is 18.7 Å². The third-order valence-electron chi connectivity index (χ3n) is 3.64. The minimum atomic E-state index is -0.585. The number of carbonyl (C=O) groups is 1. The van der Waals surface area contributed by atoms with E-state index in [4.69, 9.17) is 0 Å². The van der Waals surface area contributed by atoms with Crippen molar-refractivity contribution in [1.82, 2.24) is 5.32 Å². The average Bonchev–Trinajstić information content (AvgIpc) is 3.17. The maximum absolute atomic E-state index is 13.0. The zero-order valence-corrected chi connectivity index (χ0v) is 11.2. The first-order valence-electron chi connectivity index (χ1n) is 6.41. The Hall–Kier alpha value is -1.62. The van der Waals surface area contributed by atoms with Crippen LogP contribution in [-0.4, -0.2) is 23.3 Å². The molecule has 0 spiro atoms. The Morgan fingerprint density at radius 3 is 2.74 bits per heavy atom. The second-order valence-corrected chi connectivity index (χ2v) is 5.39. The molecular weight excluding hydrogens is 247 g/mol. The first-order valence-corrected chi connectivity index (χ1v) is 6.41. The summed E-state index contributed by atoms with van der Waals surface area (Å²) in [4.78, 5) is 11.9. The Bertz CT molecular complexity index is 488. The van der Waals surface area contributed by atoms with Crippen molar-refractivity contribution in [3.05, 3.63) is 29.6 Å². The molecule has 1 aromatic carbocycles. The molecule has 0 aliphatic heterocycles. The van der Waals surface area contributed by atoms with Crippen molar-refractivity contribution in [2.45, 2.75) is 32.2 Å². The summed E-state index contributed by atoms with van der Waals surface area (Å²) in [6, 6.07) is 3.81. The number of urea groups is 1. The Kier molecular flexibility index (Phi) is 3.75. The highest BCUT2D eigenvalue weighted by Crippen LogP contribution is 2.39. The van der Waals surface area contributed by atoms with E-state index in [0.29, 0.717) is 17.2 Å². The fourth-order valence-electron chi connectivity index (χ4n) is 2.17. The lowest BCUT2D eigenvalue weighted by molar-refractivity contribution is 0.159. The van der Waals surface area contributed by atoms with Gasteiger partial charge in [-0.05, 0) is 56.4 Å². The molecule has 2 amide bonds. The van der Waals surface area contributed by atoms with Gasteiger partial charge in [0, 0.05) is 5.69 Å². The predicted molar refractivity (Wildman–Crippen MR) is 71.5 cm³/mol. The SMILES string of the molecule is Cc1cc(F)ccc1NC(=O)NC(C)(CO)C1CC1. The number of hydrogen-bond acceptors (Lipinski definition) is 2. The lowest BCUT2D eigenvalue weighted by Crippen LogP contribution is -2.52. The molecule has 1 fully saturated rings. The number of hydrogen-bond donors (Lipinski definition) is 3. The van der Waals surface area contributed by atoms with Crippen LogP contribution in [0.15, 0.2) is 18.2 Å². The van der Waals surface area contributed by atoms with E-state index in [1.807, 2.05) is 6.92 Å². The number of aliphatic hydroxyl groups is 1. The first kappa shape index (κ1) is 13.8. The third kappa shape index (κ3) is 3.23. The van der Waals surface area contributed by atoms with Crippen molar-refractivity contribution in [1.29, 1.82) is 0 Å². The van der Waals surface area contributed by atoms with Crippen LogP contribution in [0.5, 0.6) is 0 Å².